The predicted octanol–water partition coefficient (Wildman–Crippen LogP) is 3.55. The van der Waals surface area contributed by atoms with E-state index >= 15 is 0 Å². The summed E-state index contributed by atoms with van der Waals surface area (Å²) in [5, 5.41) is 6.61. The van der Waals surface area contributed by atoms with Crippen LogP contribution in [-0.2, 0) is 17.9 Å². The van der Waals surface area contributed by atoms with E-state index in [-0.39, 0.29) is 24.0 Å². The van der Waals surface area contributed by atoms with Crippen molar-refractivity contribution in [3.63, 3.8) is 0 Å². The first-order chi connectivity index (χ1) is 10.2. The lowest BCUT2D eigenvalue weighted by Gasteiger charge is -2.13. The molecule has 2 N–H and O–H groups in total. The molecule has 4 nitrogen and oxygen atoms in total. The Balaban J connectivity index is 0.00000441. The highest BCUT2D eigenvalue weighted by Gasteiger charge is 1.99. The van der Waals surface area contributed by atoms with E-state index < -0.39 is 0 Å². The topological polar surface area (TPSA) is 45.7 Å². The minimum absolute atomic E-state index is 0. The molecule has 0 aliphatic heterocycles. The quantitative estimate of drug-likeness (QED) is 0.385. The van der Waals surface area contributed by atoms with Gasteiger partial charge in [0.1, 0.15) is 0 Å². The molecule has 0 radical (unpaired) electrons. The summed E-state index contributed by atoms with van der Waals surface area (Å²) in [7, 11) is 0. The Hall–Kier alpha value is -0.820. The molecular weight excluding hydrogens is 389 g/mol. The molecule has 0 saturated heterocycles. The number of hydrogen-bond acceptors (Lipinski definition) is 2. The van der Waals surface area contributed by atoms with Gasteiger partial charge in [-0.25, -0.2) is 4.99 Å². The van der Waals surface area contributed by atoms with E-state index in [1.54, 1.807) is 0 Å². The molecule has 1 rings (SSSR count). The van der Waals surface area contributed by atoms with Crippen molar-refractivity contribution in [2.45, 2.75) is 40.8 Å². The van der Waals surface area contributed by atoms with Crippen LogP contribution in [0, 0.1) is 5.92 Å². The van der Waals surface area contributed by atoms with Crippen LogP contribution in [-0.4, -0.2) is 25.7 Å². The molecule has 0 saturated carbocycles. The summed E-state index contributed by atoms with van der Waals surface area (Å²) >= 11 is 0. The number of nitrogens with one attached hydrogen (secondary N) is 2. The molecule has 0 heterocycles. The normalized spacial score (nSPS) is 11.2. The molecule has 0 amide bonds. The number of guanidine groups is 1. The van der Waals surface area contributed by atoms with Crippen molar-refractivity contribution in [2.24, 2.45) is 10.9 Å². The zero-order chi connectivity index (χ0) is 15.5. The maximum Gasteiger partial charge on any atom is 0.191 e. The number of ether oxygens (including phenoxy) is 1. The van der Waals surface area contributed by atoms with Gasteiger partial charge in [0.05, 0.1) is 13.2 Å². The van der Waals surface area contributed by atoms with Crippen LogP contribution in [0.4, 0.5) is 0 Å². The van der Waals surface area contributed by atoms with E-state index in [1.165, 1.54) is 11.1 Å². The fourth-order valence-corrected chi connectivity index (χ4v) is 1.77. The molecule has 0 aromatic heterocycles. The largest absolute Gasteiger partial charge is 0.377 e. The second-order valence-corrected chi connectivity index (χ2v) is 5.42. The number of halogens is 1. The van der Waals surface area contributed by atoms with Gasteiger partial charge in [-0.3, -0.25) is 0 Å². The van der Waals surface area contributed by atoms with Gasteiger partial charge in [-0.05, 0) is 30.9 Å². The molecule has 0 atom stereocenters. The molecule has 5 heteroatoms. The van der Waals surface area contributed by atoms with Crippen molar-refractivity contribution >= 4 is 29.9 Å². The second-order valence-electron chi connectivity index (χ2n) is 5.42. The number of aliphatic imine (C=N–C) groups is 1. The average Bonchev–Trinajstić information content (AvgIpc) is 2.49. The summed E-state index contributed by atoms with van der Waals surface area (Å²) in [6.45, 7) is 12.4. The molecule has 0 unspecified atom stereocenters. The molecule has 1 aromatic carbocycles. The highest BCUT2D eigenvalue weighted by Crippen LogP contribution is 2.07. The van der Waals surface area contributed by atoms with Crippen LogP contribution in [0.1, 0.15) is 38.8 Å². The van der Waals surface area contributed by atoms with E-state index in [0.717, 1.165) is 25.7 Å². The van der Waals surface area contributed by atoms with Gasteiger partial charge >= 0.3 is 0 Å². The third-order valence-corrected chi connectivity index (χ3v) is 2.94. The van der Waals surface area contributed by atoms with Crippen molar-refractivity contribution in [1.82, 2.24) is 10.6 Å². The fourth-order valence-electron chi connectivity index (χ4n) is 1.77. The Labute approximate surface area is 152 Å². The first-order valence-corrected chi connectivity index (χ1v) is 7.83. The van der Waals surface area contributed by atoms with Crippen molar-refractivity contribution in [2.75, 3.05) is 19.7 Å². The summed E-state index contributed by atoms with van der Waals surface area (Å²) < 4.78 is 5.40. The van der Waals surface area contributed by atoms with E-state index in [2.05, 4.69) is 60.7 Å². The van der Waals surface area contributed by atoms with Gasteiger partial charge in [0, 0.05) is 19.7 Å². The van der Waals surface area contributed by atoms with Crippen LogP contribution in [0.5, 0.6) is 0 Å². The van der Waals surface area contributed by atoms with Crippen molar-refractivity contribution in [1.29, 1.82) is 0 Å². The molecule has 0 aliphatic carbocycles. The van der Waals surface area contributed by atoms with E-state index in [4.69, 9.17) is 4.74 Å². The zero-order valence-corrected chi connectivity index (χ0v) is 16.5. The lowest BCUT2D eigenvalue weighted by atomic mass is 10.1. The molecule has 0 bridgehead atoms. The second kappa shape index (κ2) is 12.7. The number of hydrogen-bond donors (Lipinski definition) is 2. The van der Waals surface area contributed by atoms with Crippen LogP contribution in [0.15, 0.2) is 29.3 Å². The van der Waals surface area contributed by atoms with E-state index in [1.807, 2.05) is 6.92 Å². The zero-order valence-electron chi connectivity index (χ0n) is 14.2. The first-order valence-electron chi connectivity index (χ1n) is 7.83. The van der Waals surface area contributed by atoms with Crippen LogP contribution in [0.3, 0.4) is 0 Å². The van der Waals surface area contributed by atoms with Gasteiger partial charge in [0.15, 0.2) is 5.96 Å². The molecule has 22 heavy (non-hydrogen) atoms. The molecule has 0 spiro atoms. The van der Waals surface area contributed by atoms with Crippen LogP contribution in [0.25, 0.3) is 0 Å². The summed E-state index contributed by atoms with van der Waals surface area (Å²) in [6, 6.07) is 8.44. The maximum absolute atomic E-state index is 5.40. The van der Waals surface area contributed by atoms with Gasteiger partial charge in [0.25, 0.3) is 0 Å². The van der Waals surface area contributed by atoms with Gasteiger partial charge in [-0.2, -0.15) is 0 Å². The third-order valence-electron chi connectivity index (χ3n) is 2.94. The summed E-state index contributed by atoms with van der Waals surface area (Å²) in [4.78, 5) is 4.61. The van der Waals surface area contributed by atoms with Crippen LogP contribution >= 0.6 is 24.0 Å². The van der Waals surface area contributed by atoms with Gasteiger partial charge in [-0.1, -0.05) is 38.1 Å². The highest BCUT2D eigenvalue weighted by atomic mass is 127. The number of benzene rings is 1. The van der Waals surface area contributed by atoms with Gasteiger partial charge in [-0.15, -0.1) is 24.0 Å². The lowest BCUT2D eigenvalue weighted by molar-refractivity contribution is 0.134. The molecule has 0 fully saturated rings. The van der Waals surface area contributed by atoms with E-state index in [9.17, 15) is 0 Å². The summed E-state index contributed by atoms with van der Waals surface area (Å²) in [5.41, 5.74) is 2.41. The number of nitrogens with zero attached hydrogens (tertiary/aromatic N) is 1. The Morgan fingerprint density at radius 1 is 1.09 bits per heavy atom. The van der Waals surface area contributed by atoms with Crippen molar-refractivity contribution < 1.29 is 4.74 Å². The Kier molecular flexibility index (Phi) is 12.2. The molecular formula is C17H30IN3O. The van der Waals surface area contributed by atoms with E-state index in [0.29, 0.717) is 19.1 Å². The predicted molar refractivity (Wildman–Crippen MR) is 105 cm³/mol. The summed E-state index contributed by atoms with van der Waals surface area (Å²) in [5.74, 6) is 1.48. The Bertz CT molecular complexity index is 418. The molecule has 0 aliphatic rings. The lowest BCUT2D eigenvalue weighted by Crippen LogP contribution is -2.39. The minimum atomic E-state index is 0. The minimum Gasteiger partial charge on any atom is -0.377 e. The SMILES string of the molecule is CCNC(=NCc1ccc(COCC)cc1)NCC(C)C.I. The smallest absolute Gasteiger partial charge is 0.191 e. The van der Waals surface area contributed by atoms with Crippen molar-refractivity contribution in [3.05, 3.63) is 35.4 Å². The molecule has 1 aromatic rings. The maximum atomic E-state index is 5.40. The Morgan fingerprint density at radius 3 is 2.27 bits per heavy atom. The highest BCUT2D eigenvalue weighted by molar-refractivity contribution is 14.0. The van der Waals surface area contributed by atoms with Gasteiger partial charge < -0.3 is 15.4 Å². The average molecular weight is 419 g/mol. The molecule has 126 valence electrons. The van der Waals surface area contributed by atoms with Crippen molar-refractivity contribution in [3.8, 4) is 0 Å². The van der Waals surface area contributed by atoms with Crippen LogP contribution in [0.2, 0.25) is 0 Å². The number of rotatable bonds is 8. The standard InChI is InChI=1S/C17H29N3O.HI/c1-5-18-17(19-11-14(3)4)20-12-15-7-9-16(10-8-15)13-21-6-2;/h7-10,14H,5-6,11-13H2,1-4H3,(H2,18,19,20);1H. The third kappa shape index (κ3) is 9.25. The van der Waals surface area contributed by atoms with Gasteiger partial charge in [0.2, 0.25) is 0 Å². The monoisotopic (exact) mass is 419 g/mol. The first kappa shape index (κ1) is 21.2. The fraction of sp³-hybridized carbons (Fsp3) is 0.588. The van der Waals surface area contributed by atoms with Crippen LogP contribution < -0.4 is 10.6 Å². The Morgan fingerprint density at radius 2 is 1.73 bits per heavy atom. The summed E-state index contributed by atoms with van der Waals surface area (Å²) in [6.07, 6.45) is 0.